The van der Waals surface area contributed by atoms with E-state index in [1.54, 1.807) is 32.4 Å². The lowest BCUT2D eigenvalue weighted by atomic mass is 10.0. The standard InChI is InChI=1S/C19H20N6OS/c1-24(2)18(26)12-6-7-14-13(11-21-23-19(20)27)10-16(22-15(14)9-12)17-5-4-8-25(17)3/h4-11H,1-3H3,(H3,20,23,27). The highest BCUT2D eigenvalue weighted by molar-refractivity contribution is 7.80. The van der Waals surface area contributed by atoms with Crippen molar-refractivity contribution in [3.8, 4) is 11.4 Å². The Labute approximate surface area is 162 Å². The van der Waals surface area contributed by atoms with E-state index in [1.165, 1.54) is 4.90 Å². The number of carbonyl (C=O) groups excluding carboxylic acids is 1. The molecule has 0 radical (unpaired) electrons. The van der Waals surface area contributed by atoms with Crippen LogP contribution in [0, 0.1) is 0 Å². The molecule has 8 heteroatoms. The Morgan fingerprint density at radius 1 is 1.33 bits per heavy atom. The molecule has 0 aliphatic heterocycles. The van der Waals surface area contributed by atoms with Crippen LogP contribution in [0.15, 0.2) is 47.7 Å². The minimum absolute atomic E-state index is 0.0756. The number of nitrogens with one attached hydrogen (secondary N) is 1. The van der Waals surface area contributed by atoms with E-state index >= 15 is 0 Å². The Morgan fingerprint density at radius 2 is 2.11 bits per heavy atom. The molecule has 138 valence electrons. The van der Waals surface area contributed by atoms with Crippen LogP contribution in [0.4, 0.5) is 0 Å². The number of amides is 1. The first kappa shape index (κ1) is 18.5. The molecule has 2 heterocycles. The molecule has 3 N–H and O–H groups in total. The van der Waals surface area contributed by atoms with Crippen molar-refractivity contribution in [2.75, 3.05) is 14.1 Å². The average molecular weight is 380 g/mol. The second-order valence-corrected chi connectivity index (χ2v) is 6.71. The molecule has 2 aromatic heterocycles. The number of nitrogens with zero attached hydrogens (tertiary/aromatic N) is 4. The molecule has 0 saturated carbocycles. The number of rotatable bonds is 4. The zero-order chi connectivity index (χ0) is 19.6. The van der Waals surface area contributed by atoms with Crippen LogP contribution in [0.25, 0.3) is 22.3 Å². The third-order valence-corrected chi connectivity index (χ3v) is 4.17. The molecule has 0 aliphatic rings. The number of aryl methyl sites for hydroxylation is 1. The molecule has 0 atom stereocenters. The highest BCUT2D eigenvalue weighted by Gasteiger charge is 2.13. The fourth-order valence-electron chi connectivity index (χ4n) is 2.78. The third kappa shape index (κ3) is 3.95. The quantitative estimate of drug-likeness (QED) is 0.411. The van der Waals surface area contributed by atoms with Gasteiger partial charge < -0.3 is 15.2 Å². The van der Waals surface area contributed by atoms with E-state index in [0.29, 0.717) is 11.1 Å². The van der Waals surface area contributed by atoms with Crippen LogP contribution >= 0.6 is 12.2 Å². The van der Waals surface area contributed by atoms with E-state index in [1.807, 2.05) is 42.1 Å². The maximum Gasteiger partial charge on any atom is 0.253 e. The van der Waals surface area contributed by atoms with Crippen molar-refractivity contribution < 1.29 is 4.79 Å². The number of carbonyl (C=O) groups is 1. The average Bonchev–Trinajstić information content (AvgIpc) is 3.05. The van der Waals surface area contributed by atoms with Crippen molar-refractivity contribution in [2.45, 2.75) is 0 Å². The monoisotopic (exact) mass is 380 g/mol. The highest BCUT2D eigenvalue weighted by Crippen LogP contribution is 2.25. The van der Waals surface area contributed by atoms with Crippen LogP contribution in [0.5, 0.6) is 0 Å². The van der Waals surface area contributed by atoms with Crippen LogP contribution in [0.2, 0.25) is 0 Å². The third-order valence-electron chi connectivity index (χ3n) is 4.08. The number of thiocarbonyl (C=S) groups is 1. The number of hydrazone groups is 1. The summed E-state index contributed by atoms with van der Waals surface area (Å²) in [5.41, 5.74) is 11.8. The van der Waals surface area contributed by atoms with E-state index < -0.39 is 0 Å². The van der Waals surface area contributed by atoms with Gasteiger partial charge in [-0.1, -0.05) is 6.07 Å². The molecular formula is C19H20N6OS. The maximum absolute atomic E-state index is 12.3. The summed E-state index contributed by atoms with van der Waals surface area (Å²) >= 11 is 4.78. The molecular weight excluding hydrogens is 360 g/mol. The van der Waals surface area contributed by atoms with E-state index in [-0.39, 0.29) is 11.0 Å². The molecule has 0 unspecified atom stereocenters. The van der Waals surface area contributed by atoms with Crippen LogP contribution in [-0.4, -0.2) is 45.8 Å². The van der Waals surface area contributed by atoms with Crippen molar-refractivity contribution in [2.24, 2.45) is 17.9 Å². The second-order valence-electron chi connectivity index (χ2n) is 6.27. The molecule has 0 saturated heterocycles. The Hall–Kier alpha value is -3.26. The van der Waals surface area contributed by atoms with Crippen molar-refractivity contribution in [3.05, 3.63) is 53.7 Å². The Bertz CT molecular complexity index is 1050. The van der Waals surface area contributed by atoms with Gasteiger partial charge in [-0.05, 0) is 42.5 Å². The van der Waals surface area contributed by atoms with Gasteiger partial charge in [0, 0.05) is 43.9 Å². The van der Waals surface area contributed by atoms with Crippen LogP contribution in [0.1, 0.15) is 15.9 Å². The summed E-state index contributed by atoms with van der Waals surface area (Å²) in [5.74, 6) is -0.0756. The van der Waals surface area contributed by atoms with Gasteiger partial charge >= 0.3 is 0 Å². The fourth-order valence-corrected chi connectivity index (χ4v) is 2.83. The second kappa shape index (κ2) is 7.55. The Kier molecular flexibility index (Phi) is 5.18. The van der Waals surface area contributed by atoms with Crippen LogP contribution < -0.4 is 11.2 Å². The van der Waals surface area contributed by atoms with Gasteiger partial charge in [-0.15, -0.1) is 0 Å². The SMILES string of the molecule is CN(C)C(=O)c1ccc2c(C=NNC(N)=S)cc(-c3cccn3C)nc2c1. The lowest BCUT2D eigenvalue weighted by Crippen LogP contribution is -2.24. The largest absolute Gasteiger partial charge is 0.375 e. The molecule has 7 nitrogen and oxygen atoms in total. The number of nitrogens with two attached hydrogens (primary N) is 1. The van der Waals surface area contributed by atoms with Crippen molar-refractivity contribution in [1.82, 2.24) is 19.9 Å². The molecule has 0 bridgehead atoms. The first-order chi connectivity index (χ1) is 12.9. The number of pyridine rings is 1. The van der Waals surface area contributed by atoms with E-state index in [2.05, 4.69) is 10.5 Å². The molecule has 0 spiro atoms. The number of benzene rings is 1. The maximum atomic E-state index is 12.3. The number of hydrogen-bond acceptors (Lipinski definition) is 4. The van der Waals surface area contributed by atoms with Gasteiger partial charge in [0.2, 0.25) is 0 Å². The summed E-state index contributed by atoms with van der Waals surface area (Å²) in [7, 11) is 5.40. The lowest BCUT2D eigenvalue weighted by Gasteiger charge is -2.12. The molecule has 3 aromatic rings. The van der Waals surface area contributed by atoms with E-state index in [4.69, 9.17) is 22.9 Å². The van der Waals surface area contributed by atoms with Gasteiger partial charge in [0.1, 0.15) is 0 Å². The van der Waals surface area contributed by atoms with E-state index in [9.17, 15) is 4.79 Å². The van der Waals surface area contributed by atoms with Gasteiger partial charge in [0.25, 0.3) is 5.91 Å². The summed E-state index contributed by atoms with van der Waals surface area (Å²) in [6.45, 7) is 0. The smallest absolute Gasteiger partial charge is 0.253 e. The highest BCUT2D eigenvalue weighted by atomic mass is 32.1. The molecule has 1 amide bonds. The molecule has 1 aromatic carbocycles. The van der Waals surface area contributed by atoms with Crippen molar-refractivity contribution in [1.29, 1.82) is 0 Å². The van der Waals surface area contributed by atoms with Crippen molar-refractivity contribution >= 4 is 40.4 Å². The van der Waals surface area contributed by atoms with Gasteiger partial charge in [-0.25, -0.2) is 4.98 Å². The van der Waals surface area contributed by atoms with Gasteiger partial charge in [0.05, 0.1) is 23.1 Å². The fraction of sp³-hybridized carbons (Fsp3) is 0.158. The minimum Gasteiger partial charge on any atom is -0.375 e. The first-order valence-corrected chi connectivity index (χ1v) is 8.64. The number of fused-ring (bicyclic) bond motifs is 1. The number of aromatic nitrogens is 2. The zero-order valence-electron chi connectivity index (χ0n) is 15.3. The summed E-state index contributed by atoms with van der Waals surface area (Å²) < 4.78 is 1.98. The Balaban J connectivity index is 2.18. The lowest BCUT2D eigenvalue weighted by molar-refractivity contribution is 0.0827. The predicted octanol–water partition coefficient (Wildman–Crippen LogP) is 2.11. The Morgan fingerprint density at radius 3 is 2.74 bits per heavy atom. The summed E-state index contributed by atoms with van der Waals surface area (Å²) in [6.07, 6.45) is 3.60. The van der Waals surface area contributed by atoms with Crippen LogP contribution in [-0.2, 0) is 7.05 Å². The molecule has 0 fully saturated rings. The van der Waals surface area contributed by atoms with Gasteiger partial charge in [-0.2, -0.15) is 5.10 Å². The van der Waals surface area contributed by atoms with Crippen molar-refractivity contribution in [3.63, 3.8) is 0 Å². The predicted molar refractivity (Wildman–Crippen MR) is 112 cm³/mol. The topological polar surface area (TPSA) is 88.5 Å². The zero-order valence-corrected chi connectivity index (χ0v) is 16.1. The summed E-state index contributed by atoms with van der Waals surface area (Å²) in [4.78, 5) is 18.6. The summed E-state index contributed by atoms with van der Waals surface area (Å²) in [6, 6.07) is 11.3. The number of hydrogen-bond donors (Lipinski definition) is 2. The molecule has 0 aliphatic carbocycles. The van der Waals surface area contributed by atoms with E-state index in [0.717, 1.165) is 22.3 Å². The first-order valence-electron chi connectivity index (χ1n) is 8.23. The van der Waals surface area contributed by atoms with Gasteiger partial charge in [0.15, 0.2) is 5.11 Å². The minimum atomic E-state index is -0.0756. The summed E-state index contributed by atoms with van der Waals surface area (Å²) in [5, 5.41) is 5.03. The molecule has 3 rings (SSSR count). The normalized spacial score (nSPS) is 11.1. The van der Waals surface area contributed by atoms with Gasteiger partial charge in [-0.3, -0.25) is 10.2 Å². The van der Waals surface area contributed by atoms with Crippen LogP contribution in [0.3, 0.4) is 0 Å². The molecule has 27 heavy (non-hydrogen) atoms.